The monoisotopic (exact) mass is 814 g/mol. The Morgan fingerprint density at radius 3 is 1.10 bits per heavy atom. The minimum absolute atomic E-state index is 0.529. The largest absolute Gasteiger partial charge is 0.228 e. The van der Waals surface area contributed by atoms with E-state index in [1.54, 1.807) is 11.8 Å². The molecule has 0 aliphatic heterocycles. The highest BCUT2D eigenvalue weighted by Crippen LogP contribution is 2.35. The third-order valence-electron chi connectivity index (χ3n) is 11.2. The summed E-state index contributed by atoms with van der Waals surface area (Å²) in [6.07, 6.45) is 7.65. The van der Waals surface area contributed by atoms with Gasteiger partial charge in [0.2, 0.25) is 0 Å². The molecule has 1 atom stereocenters. The lowest BCUT2D eigenvalue weighted by atomic mass is 9.97. The fourth-order valence-corrected chi connectivity index (χ4v) is 8.49. The molecule has 2 heterocycles. The van der Waals surface area contributed by atoms with Gasteiger partial charge in [-0.3, -0.25) is 0 Å². The van der Waals surface area contributed by atoms with E-state index in [1.807, 2.05) is 42.5 Å². The van der Waals surface area contributed by atoms with Gasteiger partial charge in [0.05, 0.1) is 22.8 Å². The molecule has 0 spiro atoms. The lowest BCUT2D eigenvalue weighted by molar-refractivity contribution is 0.738. The van der Waals surface area contributed by atoms with Crippen molar-refractivity contribution in [2.24, 2.45) is 5.92 Å². The van der Waals surface area contributed by atoms with Gasteiger partial charge in [-0.15, -0.1) is 0 Å². The topological polar surface area (TPSA) is 51.6 Å². The summed E-state index contributed by atoms with van der Waals surface area (Å²) in [6.45, 7) is 2.23. The predicted octanol–water partition coefficient (Wildman–Crippen LogP) is 15.1. The van der Waals surface area contributed by atoms with Gasteiger partial charge < -0.3 is 0 Å². The first-order valence-corrected chi connectivity index (χ1v) is 21.8. The summed E-state index contributed by atoms with van der Waals surface area (Å²) in [5.41, 5.74) is 14.6. The number of hydrogen-bond acceptors (Lipinski definition) is 5. The van der Waals surface area contributed by atoms with Crippen LogP contribution in [0.15, 0.2) is 228 Å². The fraction of sp³-hybridized carbons (Fsp3) is 0.0526. The van der Waals surface area contributed by atoms with Crippen LogP contribution in [0, 0.1) is 5.92 Å². The van der Waals surface area contributed by atoms with Crippen LogP contribution in [0.3, 0.4) is 0 Å². The van der Waals surface area contributed by atoms with Crippen molar-refractivity contribution in [2.75, 3.05) is 0 Å². The Morgan fingerprint density at radius 2 is 0.710 bits per heavy atom. The minimum Gasteiger partial charge on any atom is -0.228 e. The zero-order chi connectivity index (χ0) is 41.7. The Morgan fingerprint density at radius 1 is 0.371 bits per heavy atom. The van der Waals surface area contributed by atoms with Crippen molar-refractivity contribution in [2.45, 2.75) is 23.1 Å². The van der Waals surface area contributed by atoms with E-state index in [1.165, 1.54) is 20.9 Å². The summed E-state index contributed by atoms with van der Waals surface area (Å²) in [5, 5.41) is 0. The first-order chi connectivity index (χ1) is 30.6. The fourth-order valence-electron chi connectivity index (χ4n) is 7.68. The summed E-state index contributed by atoms with van der Waals surface area (Å²) < 4.78 is 0. The van der Waals surface area contributed by atoms with E-state index in [4.69, 9.17) is 19.9 Å². The van der Waals surface area contributed by atoms with Gasteiger partial charge in [0.15, 0.2) is 11.6 Å². The van der Waals surface area contributed by atoms with E-state index >= 15 is 0 Å². The van der Waals surface area contributed by atoms with Crippen LogP contribution in [-0.4, -0.2) is 19.9 Å². The first-order valence-electron chi connectivity index (χ1n) is 21.0. The van der Waals surface area contributed by atoms with Gasteiger partial charge in [-0.05, 0) is 71.0 Å². The highest BCUT2D eigenvalue weighted by Gasteiger charge is 2.15. The number of nitrogens with zero attached hydrogens (tertiary/aromatic N) is 4. The zero-order valence-corrected chi connectivity index (χ0v) is 35.1. The van der Waals surface area contributed by atoms with Crippen molar-refractivity contribution in [1.82, 2.24) is 19.9 Å². The molecule has 9 aromatic rings. The van der Waals surface area contributed by atoms with Gasteiger partial charge in [0.1, 0.15) is 0 Å². The molecule has 0 amide bonds. The van der Waals surface area contributed by atoms with Gasteiger partial charge in [0.25, 0.3) is 0 Å². The van der Waals surface area contributed by atoms with Crippen LogP contribution in [0.5, 0.6) is 0 Å². The van der Waals surface area contributed by atoms with Crippen LogP contribution in [-0.2, 0) is 0 Å². The van der Waals surface area contributed by atoms with Crippen molar-refractivity contribution >= 4 is 17.3 Å². The van der Waals surface area contributed by atoms with Crippen molar-refractivity contribution in [3.05, 3.63) is 224 Å². The number of allylic oxidation sites excluding steroid dienone is 4. The normalized spacial score (nSPS) is 13.4. The predicted molar refractivity (Wildman–Crippen MR) is 257 cm³/mol. The van der Waals surface area contributed by atoms with Gasteiger partial charge >= 0.3 is 0 Å². The Balaban J connectivity index is 0.824. The lowest BCUT2D eigenvalue weighted by Gasteiger charge is -2.14. The van der Waals surface area contributed by atoms with Crippen LogP contribution in [0.1, 0.15) is 19.2 Å². The second kappa shape index (κ2) is 17.6. The molecule has 62 heavy (non-hydrogen) atoms. The molecular weight excluding hydrogens is 773 g/mol. The maximum atomic E-state index is 5.05. The number of rotatable bonds is 10. The minimum atomic E-state index is 0.529. The van der Waals surface area contributed by atoms with Crippen LogP contribution < -0.4 is 0 Å². The molecule has 0 fully saturated rings. The van der Waals surface area contributed by atoms with Gasteiger partial charge in [-0.2, -0.15) is 0 Å². The van der Waals surface area contributed by atoms with Gasteiger partial charge in [0, 0.05) is 43.2 Å². The van der Waals surface area contributed by atoms with Crippen molar-refractivity contribution < 1.29 is 0 Å². The molecule has 7 aromatic carbocycles. The molecular formula is C57H42N4S. The number of aromatic nitrogens is 4. The summed E-state index contributed by atoms with van der Waals surface area (Å²) >= 11 is 1.77. The van der Waals surface area contributed by atoms with E-state index < -0.39 is 0 Å². The second-order valence-corrected chi connectivity index (χ2v) is 16.7. The number of hydrogen-bond donors (Lipinski definition) is 0. The van der Waals surface area contributed by atoms with Gasteiger partial charge in [-0.1, -0.05) is 201 Å². The zero-order valence-electron chi connectivity index (χ0n) is 34.3. The molecule has 0 bridgehead atoms. The van der Waals surface area contributed by atoms with E-state index in [2.05, 4.69) is 183 Å². The standard InChI is InChI=1S/C57H42N4S/c1-39-17-19-49(20-18-39)57-59-53(45-13-7-3-8-14-45)38-55(61-57)47-27-23-41(24-28-47)43-31-35-51(36-32-43)62-50-33-29-42(30-34-50)40-21-25-46(26-22-40)54-37-52(44-11-5-2-6-12-44)58-56(60-54)48-15-9-4-10-16-48/h2-17,19-39H,18H2,1H3. The third-order valence-corrected chi connectivity index (χ3v) is 12.2. The lowest BCUT2D eigenvalue weighted by Crippen LogP contribution is -2.01. The SMILES string of the molecule is CC1C=CC(c2nc(-c3ccccc3)cc(-c3ccc(-c4ccc(Sc5ccc(-c6ccc(-c7cc(-c8ccccc8)nc(-c8ccccc8)n7)cc6)cc5)cc4)cc3)n2)=CC1. The van der Waals surface area contributed by atoms with Crippen LogP contribution >= 0.6 is 11.8 Å². The van der Waals surface area contributed by atoms with E-state index in [0.29, 0.717) is 5.92 Å². The average molecular weight is 815 g/mol. The molecule has 0 N–H and O–H groups in total. The molecule has 0 radical (unpaired) electrons. The maximum Gasteiger partial charge on any atom is 0.160 e. The van der Waals surface area contributed by atoms with E-state index in [9.17, 15) is 0 Å². The van der Waals surface area contributed by atoms with Crippen molar-refractivity contribution in [3.63, 3.8) is 0 Å². The van der Waals surface area contributed by atoms with Crippen molar-refractivity contribution in [3.8, 4) is 78.7 Å². The summed E-state index contributed by atoms with van der Waals surface area (Å²) in [4.78, 5) is 22.4. The molecule has 0 saturated heterocycles. The second-order valence-electron chi connectivity index (χ2n) is 15.6. The number of benzene rings is 7. The maximum absolute atomic E-state index is 5.05. The Bertz CT molecular complexity index is 2960. The highest BCUT2D eigenvalue weighted by molar-refractivity contribution is 7.99. The average Bonchev–Trinajstić information content (AvgIpc) is 3.35. The van der Waals surface area contributed by atoms with E-state index in [-0.39, 0.29) is 0 Å². The summed E-state index contributed by atoms with van der Waals surface area (Å²) in [5.74, 6) is 2.01. The van der Waals surface area contributed by atoms with Crippen LogP contribution in [0.2, 0.25) is 0 Å². The summed E-state index contributed by atoms with van der Waals surface area (Å²) in [6, 6.07) is 70.0. The third kappa shape index (κ3) is 8.71. The molecule has 5 heteroatoms. The molecule has 1 aliphatic rings. The van der Waals surface area contributed by atoms with Crippen molar-refractivity contribution in [1.29, 1.82) is 0 Å². The van der Waals surface area contributed by atoms with Crippen LogP contribution in [0.25, 0.3) is 84.2 Å². The molecule has 2 aromatic heterocycles. The Labute approximate surface area is 367 Å². The molecule has 296 valence electrons. The quantitative estimate of drug-likeness (QED) is 0.138. The van der Waals surface area contributed by atoms with Gasteiger partial charge in [-0.25, -0.2) is 19.9 Å². The van der Waals surface area contributed by atoms with E-state index in [0.717, 1.165) is 85.4 Å². The molecule has 1 aliphatic carbocycles. The first kappa shape index (κ1) is 38.7. The summed E-state index contributed by atoms with van der Waals surface area (Å²) in [7, 11) is 0. The smallest absolute Gasteiger partial charge is 0.160 e. The molecule has 0 saturated carbocycles. The molecule has 4 nitrogen and oxygen atoms in total. The Kier molecular flexibility index (Phi) is 11.0. The molecule has 10 rings (SSSR count). The highest BCUT2D eigenvalue weighted by atomic mass is 32.2. The van der Waals surface area contributed by atoms with Crippen LogP contribution in [0.4, 0.5) is 0 Å². The Hall–Kier alpha value is -7.47. The molecule has 1 unspecified atom stereocenters.